The highest BCUT2D eigenvalue weighted by atomic mass is 32.2. The van der Waals surface area contributed by atoms with Crippen LogP contribution in [0.2, 0.25) is 0 Å². The summed E-state index contributed by atoms with van der Waals surface area (Å²) in [5.74, 6) is 1.65. The summed E-state index contributed by atoms with van der Waals surface area (Å²) in [5, 5.41) is 4.20. The zero-order valence-electron chi connectivity index (χ0n) is 11.6. The van der Waals surface area contributed by atoms with Gasteiger partial charge in [0.1, 0.15) is 5.82 Å². The molecule has 3 rings (SSSR count). The topological polar surface area (TPSA) is 108 Å². The number of carbonyl (C=O) groups is 1. The molecule has 2 fully saturated rings. The van der Waals surface area contributed by atoms with Gasteiger partial charge in [0.25, 0.3) is 0 Å². The minimum Gasteiger partial charge on any atom is -0.280 e. The highest BCUT2D eigenvalue weighted by Gasteiger charge is 2.34. The maximum atomic E-state index is 12.1. The SMILES string of the molecule is CSc1nc(C2CC2)nc(N2CC(CN=[N+]=[N-])CC2=O)n1. The highest BCUT2D eigenvalue weighted by molar-refractivity contribution is 7.98. The van der Waals surface area contributed by atoms with E-state index in [0.29, 0.717) is 36.5 Å². The summed E-state index contributed by atoms with van der Waals surface area (Å²) >= 11 is 1.45. The van der Waals surface area contributed by atoms with Crippen LogP contribution < -0.4 is 4.90 Å². The standard InChI is InChI=1S/C12H15N7OS/c1-21-12-16-10(8-2-3-8)15-11(17-12)19-6-7(4-9(19)20)5-14-18-13/h7-8H,2-6H2,1H3. The molecule has 1 saturated heterocycles. The third-order valence-corrected chi connectivity index (χ3v) is 4.14. The van der Waals surface area contributed by atoms with Crippen LogP contribution in [0.25, 0.3) is 10.4 Å². The Morgan fingerprint density at radius 3 is 2.90 bits per heavy atom. The molecule has 2 aliphatic rings. The quantitative estimate of drug-likeness (QED) is 0.358. The summed E-state index contributed by atoms with van der Waals surface area (Å²) in [4.78, 5) is 29.7. The zero-order chi connectivity index (χ0) is 14.8. The average molecular weight is 305 g/mol. The van der Waals surface area contributed by atoms with Crippen molar-refractivity contribution in [1.82, 2.24) is 15.0 Å². The molecule has 1 atom stereocenters. The molecule has 0 N–H and O–H groups in total. The molecule has 1 unspecified atom stereocenters. The van der Waals surface area contributed by atoms with Gasteiger partial charge in [0.15, 0.2) is 5.16 Å². The van der Waals surface area contributed by atoms with E-state index in [1.54, 1.807) is 4.90 Å². The van der Waals surface area contributed by atoms with Gasteiger partial charge in [-0.15, -0.1) is 0 Å². The number of carbonyl (C=O) groups excluding carboxylic acids is 1. The van der Waals surface area contributed by atoms with Gasteiger partial charge in [-0.25, -0.2) is 4.98 Å². The predicted molar refractivity (Wildman–Crippen MR) is 78.1 cm³/mol. The molecule has 1 aliphatic heterocycles. The third kappa shape index (κ3) is 3.08. The molecule has 1 saturated carbocycles. The molecule has 110 valence electrons. The molecule has 0 spiro atoms. The van der Waals surface area contributed by atoms with Crippen LogP contribution in [0.3, 0.4) is 0 Å². The number of hydrogen-bond donors (Lipinski definition) is 0. The van der Waals surface area contributed by atoms with Gasteiger partial charge in [-0.2, -0.15) is 9.97 Å². The average Bonchev–Trinajstić information content (AvgIpc) is 3.28. The van der Waals surface area contributed by atoms with E-state index in [0.717, 1.165) is 18.7 Å². The molecule has 0 radical (unpaired) electrons. The molecule has 8 nitrogen and oxygen atoms in total. The maximum absolute atomic E-state index is 12.1. The number of rotatable bonds is 5. The second-order valence-corrected chi connectivity index (χ2v) is 6.02. The summed E-state index contributed by atoms with van der Waals surface area (Å²) in [6.45, 7) is 0.828. The number of anilines is 1. The van der Waals surface area contributed by atoms with Crippen LogP contribution in [0.15, 0.2) is 10.3 Å². The van der Waals surface area contributed by atoms with Gasteiger partial charge in [0, 0.05) is 30.3 Å². The molecule has 1 aromatic heterocycles. The van der Waals surface area contributed by atoms with E-state index in [1.165, 1.54) is 11.8 Å². The van der Waals surface area contributed by atoms with Crippen molar-refractivity contribution in [2.75, 3.05) is 24.2 Å². The Bertz CT molecular complexity index is 612. The Kier molecular flexibility index (Phi) is 3.94. The van der Waals surface area contributed by atoms with Crippen LogP contribution in [-0.4, -0.2) is 40.2 Å². The summed E-state index contributed by atoms with van der Waals surface area (Å²) in [5.41, 5.74) is 8.37. The van der Waals surface area contributed by atoms with Crippen molar-refractivity contribution in [3.05, 3.63) is 16.3 Å². The fourth-order valence-corrected chi connectivity index (χ4v) is 2.70. The Balaban J connectivity index is 1.83. The smallest absolute Gasteiger partial charge is 0.236 e. The molecular weight excluding hydrogens is 290 g/mol. The van der Waals surface area contributed by atoms with Crippen molar-refractivity contribution < 1.29 is 4.79 Å². The first kappa shape index (κ1) is 14.1. The Morgan fingerprint density at radius 2 is 2.24 bits per heavy atom. The summed E-state index contributed by atoms with van der Waals surface area (Å²) < 4.78 is 0. The van der Waals surface area contributed by atoms with Gasteiger partial charge in [0.2, 0.25) is 11.9 Å². The lowest BCUT2D eigenvalue weighted by molar-refractivity contribution is -0.117. The number of amides is 1. The van der Waals surface area contributed by atoms with Crippen LogP contribution in [0.4, 0.5) is 5.95 Å². The van der Waals surface area contributed by atoms with Gasteiger partial charge < -0.3 is 0 Å². The van der Waals surface area contributed by atoms with E-state index >= 15 is 0 Å². The Labute approximate surface area is 126 Å². The lowest BCUT2D eigenvalue weighted by Crippen LogP contribution is -2.27. The second-order valence-electron chi connectivity index (χ2n) is 5.24. The van der Waals surface area contributed by atoms with Crippen molar-refractivity contribution in [2.45, 2.75) is 30.3 Å². The fraction of sp³-hybridized carbons (Fsp3) is 0.667. The number of hydrogen-bond acceptors (Lipinski definition) is 6. The van der Waals surface area contributed by atoms with Gasteiger partial charge in [-0.05, 0) is 30.5 Å². The van der Waals surface area contributed by atoms with Gasteiger partial charge >= 0.3 is 0 Å². The molecule has 21 heavy (non-hydrogen) atoms. The zero-order valence-corrected chi connectivity index (χ0v) is 12.5. The minimum atomic E-state index is -0.0202. The van der Waals surface area contributed by atoms with Crippen LogP contribution in [0, 0.1) is 5.92 Å². The molecule has 0 aromatic carbocycles. The first-order valence-electron chi connectivity index (χ1n) is 6.82. The van der Waals surface area contributed by atoms with E-state index in [2.05, 4.69) is 25.0 Å². The van der Waals surface area contributed by atoms with E-state index in [9.17, 15) is 4.79 Å². The van der Waals surface area contributed by atoms with Crippen molar-refractivity contribution in [1.29, 1.82) is 0 Å². The van der Waals surface area contributed by atoms with E-state index in [4.69, 9.17) is 5.53 Å². The maximum Gasteiger partial charge on any atom is 0.236 e. The third-order valence-electron chi connectivity index (χ3n) is 3.60. The molecule has 1 aliphatic carbocycles. The first-order chi connectivity index (χ1) is 10.2. The van der Waals surface area contributed by atoms with Crippen molar-refractivity contribution in [3.8, 4) is 0 Å². The van der Waals surface area contributed by atoms with Crippen molar-refractivity contribution >= 4 is 23.6 Å². The molecule has 9 heteroatoms. The van der Waals surface area contributed by atoms with Gasteiger partial charge in [0.05, 0.1) is 0 Å². The largest absolute Gasteiger partial charge is 0.280 e. The van der Waals surface area contributed by atoms with Gasteiger partial charge in [-0.1, -0.05) is 16.9 Å². The second kappa shape index (κ2) is 5.87. The van der Waals surface area contributed by atoms with Crippen molar-refractivity contribution in [2.24, 2.45) is 11.0 Å². The summed E-state index contributed by atoms with van der Waals surface area (Å²) in [6.07, 6.45) is 4.49. The monoisotopic (exact) mass is 305 g/mol. The lowest BCUT2D eigenvalue weighted by atomic mass is 10.1. The lowest BCUT2D eigenvalue weighted by Gasteiger charge is -2.15. The molecule has 0 bridgehead atoms. The molecular formula is C12H15N7OS. The summed E-state index contributed by atoms with van der Waals surface area (Å²) in [6, 6.07) is 0. The van der Waals surface area contributed by atoms with Crippen molar-refractivity contribution in [3.63, 3.8) is 0 Å². The molecule has 2 heterocycles. The highest BCUT2D eigenvalue weighted by Crippen LogP contribution is 2.39. The Hall–Kier alpha value is -1.86. The van der Waals surface area contributed by atoms with Crippen LogP contribution in [0.1, 0.15) is 31.0 Å². The molecule has 1 amide bonds. The van der Waals surface area contributed by atoms with E-state index in [1.807, 2.05) is 6.26 Å². The predicted octanol–water partition coefficient (Wildman–Crippen LogP) is 2.13. The molecule has 1 aromatic rings. The first-order valence-corrected chi connectivity index (χ1v) is 8.05. The summed E-state index contributed by atoms with van der Waals surface area (Å²) in [7, 11) is 0. The fourth-order valence-electron chi connectivity index (χ4n) is 2.35. The number of azide groups is 1. The number of nitrogens with zero attached hydrogens (tertiary/aromatic N) is 7. The minimum absolute atomic E-state index is 0.0202. The van der Waals surface area contributed by atoms with Crippen LogP contribution in [0.5, 0.6) is 0 Å². The number of aromatic nitrogens is 3. The Morgan fingerprint density at radius 1 is 1.43 bits per heavy atom. The van der Waals surface area contributed by atoms with Gasteiger partial charge in [-0.3, -0.25) is 9.69 Å². The van der Waals surface area contributed by atoms with E-state index in [-0.39, 0.29) is 11.8 Å². The normalized spacial score (nSPS) is 21.5. The van der Waals surface area contributed by atoms with Crippen LogP contribution >= 0.6 is 11.8 Å². The van der Waals surface area contributed by atoms with Crippen LogP contribution in [-0.2, 0) is 4.79 Å². The van der Waals surface area contributed by atoms with E-state index < -0.39 is 0 Å². The number of thioether (sulfide) groups is 1.